The van der Waals surface area contributed by atoms with Gasteiger partial charge in [0.1, 0.15) is 11.3 Å². The van der Waals surface area contributed by atoms with Gasteiger partial charge in [-0.05, 0) is 109 Å². The van der Waals surface area contributed by atoms with Crippen molar-refractivity contribution in [2.75, 3.05) is 48.2 Å². The van der Waals surface area contributed by atoms with Crippen molar-refractivity contribution in [1.82, 2.24) is 10.2 Å². The first-order chi connectivity index (χ1) is 31.9. The summed E-state index contributed by atoms with van der Waals surface area (Å²) in [5, 5.41) is 15.7. The highest BCUT2D eigenvalue weighted by Gasteiger charge is 2.66. The van der Waals surface area contributed by atoms with Gasteiger partial charge in [0.05, 0.1) is 59.3 Å². The van der Waals surface area contributed by atoms with E-state index >= 15 is 4.79 Å². The molecule has 5 aliphatic rings. The molecular weight excluding hydrogens is 866 g/mol. The maximum atomic E-state index is 15.6. The number of anilines is 3. The Kier molecular flexibility index (Phi) is 11.6. The third-order valence-electron chi connectivity index (χ3n) is 15.6. The molecule has 3 amide bonds. The van der Waals surface area contributed by atoms with E-state index in [1.54, 1.807) is 12.0 Å². The lowest BCUT2D eigenvalue weighted by Gasteiger charge is -2.39. The minimum atomic E-state index is -2.57. The topological polar surface area (TPSA) is 115 Å². The highest BCUT2D eigenvalue weighted by Crippen LogP contribution is 2.60. The number of carbonyl (C=O) groups is 3. The number of nitrogens with one attached hydrogen (secondary N) is 1. The lowest BCUT2D eigenvalue weighted by molar-refractivity contribution is -0.151. The number of fused-ring (bicyclic) bond motifs is 3. The lowest BCUT2D eigenvalue weighted by atomic mass is 9.82. The fraction of sp³-hybridized carbons (Fsp3) is 0.377. The van der Waals surface area contributed by atoms with Crippen LogP contribution in [0.1, 0.15) is 48.4 Å². The predicted octanol–water partition coefficient (Wildman–Crippen LogP) is 7.38. The van der Waals surface area contributed by atoms with E-state index in [4.69, 9.17) is 21.1 Å². The van der Waals surface area contributed by atoms with Crippen molar-refractivity contribution >= 4 is 59.6 Å². The highest BCUT2D eigenvalue weighted by molar-refractivity contribution is 6.91. The number of halogens is 1. The molecule has 5 aromatic carbocycles. The van der Waals surface area contributed by atoms with E-state index in [1.165, 1.54) is 5.19 Å². The quantitative estimate of drug-likeness (QED) is 0.140. The van der Waals surface area contributed by atoms with Gasteiger partial charge in [-0.2, -0.15) is 0 Å². The van der Waals surface area contributed by atoms with Crippen LogP contribution in [-0.2, 0) is 44.2 Å². The van der Waals surface area contributed by atoms with Crippen LogP contribution in [0, 0.1) is 5.92 Å². The van der Waals surface area contributed by atoms with Gasteiger partial charge in [-0.3, -0.25) is 19.3 Å². The fourth-order valence-electron chi connectivity index (χ4n) is 12.1. The molecule has 2 N–H and O–H groups in total. The molecule has 66 heavy (non-hydrogen) atoms. The van der Waals surface area contributed by atoms with Crippen LogP contribution in [-0.4, -0.2) is 87.0 Å². The van der Waals surface area contributed by atoms with Crippen LogP contribution in [0.3, 0.4) is 0 Å². The molecule has 2 spiro atoms. The maximum Gasteiger partial charge on any atom is 0.264 e. The van der Waals surface area contributed by atoms with E-state index in [0.29, 0.717) is 30.2 Å². The Labute approximate surface area is 393 Å². The van der Waals surface area contributed by atoms with Crippen LogP contribution in [0.25, 0.3) is 0 Å². The molecule has 0 radical (unpaired) electrons. The predicted molar refractivity (Wildman–Crippen MR) is 261 cm³/mol. The summed E-state index contributed by atoms with van der Waals surface area (Å²) in [6, 6.07) is 39.7. The molecule has 5 atom stereocenters. The van der Waals surface area contributed by atoms with Crippen molar-refractivity contribution in [3.05, 3.63) is 149 Å². The zero-order valence-corrected chi connectivity index (χ0v) is 39.8. The lowest BCUT2D eigenvalue weighted by Crippen LogP contribution is -2.55. The Hall–Kier alpha value is -5.50. The number of aliphatic hydroxyl groups is 1. The molecule has 3 fully saturated rings. The van der Waals surface area contributed by atoms with Gasteiger partial charge in [0, 0.05) is 34.4 Å². The van der Waals surface area contributed by atoms with Crippen LogP contribution in [0.2, 0.25) is 23.7 Å². The molecule has 5 heterocycles. The van der Waals surface area contributed by atoms with Crippen molar-refractivity contribution in [3.63, 3.8) is 0 Å². The van der Waals surface area contributed by atoms with Crippen molar-refractivity contribution in [1.29, 1.82) is 0 Å². The Morgan fingerprint density at radius 1 is 0.879 bits per heavy atom. The second-order valence-corrected chi connectivity index (χ2v) is 24.5. The molecule has 5 aromatic rings. The molecule has 10 rings (SSSR count). The molecule has 342 valence electrons. The van der Waals surface area contributed by atoms with Crippen LogP contribution >= 0.6 is 11.6 Å². The summed E-state index contributed by atoms with van der Waals surface area (Å²) in [6.45, 7) is 9.24. The number of hydrogen-bond donors (Lipinski definition) is 2. The molecule has 5 aliphatic heterocycles. The number of benzene rings is 5. The van der Waals surface area contributed by atoms with Crippen LogP contribution in [0.5, 0.6) is 5.75 Å². The number of methoxy groups -OCH3 is 1. The second-order valence-electron chi connectivity index (χ2n) is 19.3. The normalized spacial score (nSPS) is 24.6. The number of aliphatic hydroxyl groups excluding tert-OH is 1. The third-order valence-corrected chi connectivity index (χ3v) is 20.2. The molecule has 3 saturated heterocycles. The fourth-order valence-corrected chi connectivity index (χ4v) is 16.3. The number of hydrogen-bond acceptors (Lipinski definition) is 8. The average molecular weight is 925 g/mol. The van der Waals surface area contributed by atoms with Gasteiger partial charge >= 0.3 is 0 Å². The number of carbonyl (C=O) groups excluding carboxylic acids is 3. The van der Waals surface area contributed by atoms with E-state index in [-0.39, 0.29) is 54.8 Å². The standard InChI is InChI=1S/C53H58ClN5O6Si/c1-35-49(66(3,4)44-21-19-43(64-2)20-22-44)47(30-48(61)56-32-38-11-9-8-10-37(38)28-42(56)33-60)65-53(35)45-29-39(54)16-23-46(45)57(51(53)63)31-36-14-17-40(18-15-36)58-34-59(41-12-6-5-7-13-41)52(50(58)62)24-26-55-27-25-52/h5-23,29,35,42,47,49,55,60H,24-28,30-34H2,1-4H3/t35-,42-,47+,49-,53+/m0/s1. The van der Waals surface area contributed by atoms with Crippen LogP contribution in [0.4, 0.5) is 17.1 Å². The molecule has 0 bridgehead atoms. The Bertz CT molecular complexity index is 2640. The minimum Gasteiger partial charge on any atom is -0.497 e. The molecule has 13 heteroatoms. The first kappa shape index (κ1) is 44.3. The van der Waals surface area contributed by atoms with Crippen molar-refractivity contribution in [2.45, 2.75) is 87.6 Å². The summed E-state index contributed by atoms with van der Waals surface area (Å²) >= 11 is 6.82. The zero-order chi connectivity index (χ0) is 46.0. The third kappa shape index (κ3) is 7.23. The summed E-state index contributed by atoms with van der Waals surface area (Å²) in [4.78, 5) is 52.5. The maximum absolute atomic E-state index is 15.6. The number of ether oxygens (including phenoxy) is 2. The largest absolute Gasteiger partial charge is 0.497 e. The van der Waals surface area contributed by atoms with E-state index < -0.39 is 25.3 Å². The van der Waals surface area contributed by atoms with Crippen LogP contribution in [0.15, 0.2) is 121 Å². The first-order valence-corrected chi connectivity index (χ1v) is 26.7. The Balaban J connectivity index is 0.970. The van der Waals surface area contributed by atoms with Crippen molar-refractivity contribution in [3.8, 4) is 5.75 Å². The number of piperidine rings is 1. The van der Waals surface area contributed by atoms with E-state index in [9.17, 15) is 14.7 Å². The Morgan fingerprint density at radius 2 is 1.58 bits per heavy atom. The summed E-state index contributed by atoms with van der Waals surface area (Å²) in [5.41, 5.74) is 4.18. The van der Waals surface area contributed by atoms with Gasteiger partial charge in [-0.15, -0.1) is 0 Å². The van der Waals surface area contributed by atoms with Gasteiger partial charge in [-0.25, -0.2) is 0 Å². The van der Waals surface area contributed by atoms with E-state index in [2.05, 4.69) is 60.6 Å². The molecule has 0 saturated carbocycles. The number of amides is 3. The monoisotopic (exact) mass is 923 g/mol. The van der Waals surface area contributed by atoms with Crippen LogP contribution < -0.4 is 29.9 Å². The smallest absolute Gasteiger partial charge is 0.264 e. The minimum absolute atomic E-state index is 0.0569. The summed E-state index contributed by atoms with van der Waals surface area (Å²) < 4.78 is 12.9. The van der Waals surface area contributed by atoms with Crippen molar-refractivity contribution in [2.24, 2.45) is 5.92 Å². The molecular formula is C53H58ClN5O6Si. The van der Waals surface area contributed by atoms with E-state index in [0.717, 1.165) is 65.4 Å². The number of para-hydroxylation sites is 1. The molecule has 0 aliphatic carbocycles. The van der Waals surface area contributed by atoms with Gasteiger partial charge in [0.25, 0.3) is 11.8 Å². The summed E-state index contributed by atoms with van der Waals surface area (Å²) in [6.07, 6.45) is 1.47. The van der Waals surface area contributed by atoms with Gasteiger partial charge in [0.2, 0.25) is 5.91 Å². The highest BCUT2D eigenvalue weighted by atomic mass is 35.5. The number of nitrogens with zero attached hydrogens (tertiary/aromatic N) is 4. The summed E-state index contributed by atoms with van der Waals surface area (Å²) in [5.74, 6) is 0.231. The molecule has 0 unspecified atom stereocenters. The Morgan fingerprint density at radius 3 is 2.27 bits per heavy atom. The molecule has 11 nitrogen and oxygen atoms in total. The van der Waals surface area contributed by atoms with Gasteiger partial charge in [0.15, 0.2) is 5.60 Å². The number of rotatable bonds is 10. The zero-order valence-electron chi connectivity index (χ0n) is 38.1. The average Bonchev–Trinajstić information content (AvgIpc) is 3.88. The van der Waals surface area contributed by atoms with E-state index in [1.807, 2.05) is 101 Å². The molecule has 0 aromatic heterocycles. The second kappa shape index (κ2) is 17.3. The van der Waals surface area contributed by atoms with Gasteiger partial charge < -0.3 is 34.6 Å². The first-order valence-electron chi connectivity index (χ1n) is 23.3. The summed E-state index contributed by atoms with van der Waals surface area (Å²) in [7, 11) is -0.918. The SMILES string of the molecule is COc1ccc([Si](C)(C)[C@@H]2[C@@H](CC(=O)N3Cc4ccccc4C[C@H]3CO)O[C@]3(C(=O)N(Cc4ccc(N5CN(c6ccccc6)C6(CCNCC6)C5=O)cc4)c4ccc(Cl)cc43)[C@H]2C)cc1. The van der Waals surface area contributed by atoms with Gasteiger partial charge in [-0.1, -0.05) is 104 Å². The van der Waals surface area contributed by atoms with Crippen molar-refractivity contribution < 1.29 is 29.0 Å².